The van der Waals surface area contributed by atoms with Crippen molar-refractivity contribution < 1.29 is 19.5 Å². The molecule has 0 spiro atoms. The van der Waals surface area contributed by atoms with E-state index in [-0.39, 0.29) is 24.7 Å². The lowest BCUT2D eigenvalue weighted by Crippen LogP contribution is -2.43. The van der Waals surface area contributed by atoms with E-state index in [2.05, 4.69) is 10.3 Å². The molecule has 2 N–H and O–H groups in total. The molecule has 28 heavy (non-hydrogen) atoms. The molecule has 2 aromatic rings. The topological polar surface area (TPSA) is 99.6 Å². The Hall–Kier alpha value is -2.96. The lowest BCUT2D eigenvalue weighted by atomic mass is 9.86. The summed E-state index contributed by atoms with van der Waals surface area (Å²) in [5.74, 6) is -1.00. The first-order valence-corrected chi connectivity index (χ1v) is 9.48. The number of amides is 2. The van der Waals surface area contributed by atoms with Crippen LogP contribution in [0.5, 0.6) is 0 Å². The van der Waals surface area contributed by atoms with Crippen molar-refractivity contribution in [2.24, 2.45) is 0 Å². The number of benzene rings is 1. The minimum absolute atomic E-state index is 0.0205. The summed E-state index contributed by atoms with van der Waals surface area (Å²) in [5, 5.41) is 12.9. The van der Waals surface area contributed by atoms with Gasteiger partial charge in [-0.05, 0) is 37.0 Å². The number of carboxylic acid groups (broad SMARTS) is 1. The van der Waals surface area contributed by atoms with E-state index in [1.807, 2.05) is 30.3 Å². The number of carbonyl (C=O) groups excluding carboxylic acids is 2. The van der Waals surface area contributed by atoms with E-state index in [4.69, 9.17) is 5.11 Å². The first-order chi connectivity index (χ1) is 13.4. The van der Waals surface area contributed by atoms with Crippen molar-refractivity contribution in [2.45, 2.75) is 50.6 Å². The third-order valence-electron chi connectivity index (χ3n) is 5.44. The lowest BCUT2D eigenvalue weighted by Gasteiger charge is -2.29. The largest absolute Gasteiger partial charge is 0.481 e. The van der Waals surface area contributed by atoms with E-state index in [1.54, 1.807) is 18.1 Å². The van der Waals surface area contributed by atoms with E-state index in [0.717, 1.165) is 16.5 Å². The SMILES string of the molecule is CN(Cc1cccc2ncccc12)C(=O)CC[C@]1(CCC(=O)O)CCC(=O)N1. The van der Waals surface area contributed by atoms with Gasteiger partial charge in [0.05, 0.1) is 5.52 Å². The van der Waals surface area contributed by atoms with Gasteiger partial charge in [0.2, 0.25) is 11.8 Å². The molecular formula is C21H25N3O4. The smallest absolute Gasteiger partial charge is 0.303 e. The Labute approximate surface area is 163 Å². The van der Waals surface area contributed by atoms with Gasteiger partial charge in [-0.25, -0.2) is 0 Å². The number of nitrogens with one attached hydrogen (secondary N) is 1. The van der Waals surface area contributed by atoms with Crippen LogP contribution in [0.4, 0.5) is 0 Å². The second-order valence-corrected chi connectivity index (χ2v) is 7.46. The van der Waals surface area contributed by atoms with Crippen LogP contribution in [0.1, 0.15) is 44.1 Å². The van der Waals surface area contributed by atoms with E-state index < -0.39 is 11.5 Å². The van der Waals surface area contributed by atoms with Crippen LogP contribution < -0.4 is 5.32 Å². The van der Waals surface area contributed by atoms with Crippen LogP contribution in [0.2, 0.25) is 0 Å². The summed E-state index contributed by atoms with van der Waals surface area (Å²) in [6.07, 6.45) is 3.74. The number of aliphatic carboxylic acids is 1. The highest BCUT2D eigenvalue weighted by Gasteiger charge is 2.38. The van der Waals surface area contributed by atoms with Gasteiger partial charge in [0.1, 0.15) is 0 Å². The molecule has 1 atom stereocenters. The summed E-state index contributed by atoms with van der Waals surface area (Å²) in [7, 11) is 1.76. The van der Waals surface area contributed by atoms with E-state index in [0.29, 0.717) is 32.2 Å². The van der Waals surface area contributed by atoms with Gasteiger partial charge in [-0.1, -0.05) is 18.2 Å². The molecule has 148 valence electrons. The van der Waals surface area contributed by atoms with Gasteiger partial charge in [-0.3, -0.25) is 19.4 Å². The van der Waals surface area contributed by atoms with Crippen LogP contribution in [0.25, 0.3) is 10.9 Å². The van der Waals surface area contributed by atoms with Crippen molar-refractivity contribution in [3.05, 3.63) is 42.1 Å². The summed E-state index contributed by atoms with van der Waals surface area (Å²) in [6.45, 7) is 0.469. The number of aromatic nitrogens is 1. The normalized spacial score (nSPS) is 18.8. The average molecular weight is 383 g/mol. The molecule has 0 saturated carbocycles. The quantitative estimate of drug-likeness (QED) is 0.730. The van der Waals surface area contributed by atoms with Crippen molar-refractivity contribution in [1.29, 1.82) is 0 Å². The number of hydrogen-bond acceptors (Lipinski definition) is 4. The Balaban J connectivity index is 1.63. The highest BCUT2D eigenvalue weighted by atomic mass is 16.4. The second-order valence-electron chi connectivity index (χ2n) is 7.46. The molecular weight excluding hydrogens is 358 g/mol. The number of hydrogen-bond donors (Lipinski definition) is 2. The summed E-state index contributed by atoms with van der Waals surface area (Å²) < 4.78 is 0. The van der Waals surface area contributed by atoms with Crippen molar-refractivity contribution in [2.75, 3.05) is 7.05 Å². The second kappa shape index (κ2) is 8.37. The third-order valence-corrected chi connectivity index (χ3v) is 5.44. The Morgan fingerprint density at radius 3 is 2.71 bits per heavy atom. The van der Waals surface area contributed by atoms with Gasteiger partial charge in [0, 0.05) is 50.0 Å². The maximum atomic E-state index is 12.7. The Morgan fingerprint density at radius 1 is 1.21 bits per heavy atom. The lowest BCUT2D eigenvalue weighted by molar-refractivity contribution is -0.137. The fourth-order valence-corrected chi connectivity index (χ4v) is 3.81. The molecule has 3 rings (SSSR count). The van der Waals surface area contributed by atoms with E-state index in [1.165, 1.54) is 0 Å². The first kappa shape index (κ1) is 19.8. The van der Waals surface area contributed by atoms with Crippen molar-refractivity contribution in [3.8, 4) is 0 Å². The Morgan fingerprint density at radius 2 is 2.00 bits per heavy atom. The third kappa shape index (κ3) is 4.65. The standard InChI is InChI=1S/C21H25N3O4/c1-24(14-15-4-2-6-17-16(15)5-3-13-22-17)19(26)8-11-21(12-9-20(27)28)10-7-18(25)23-21/h2-6,13H,7-12,14H2,1H3,(H,23,25)(H,27,28)/t21-/m0/s1. The number of pyridine rings is 1. The molecule has 1 aliphatic rings. The number of nitrogens with zero attached hydrogens (tertiary/aromatic N) is 2. The predicted octanol–water partition coefficient (Wildman–Crippen LogP) is 2.49. The average Bonchev–Trinajstić information content (AvgIpc) is 3.06. The monoisotopic (exact) mass is 383 g/mol. The maximum Gasteiger partial charge on any atom is 0.303 e. The minimum Gasteiger partial charge on any atom is -0.481 e. The zero-order valence-corrected chi connectivity index (χ0v) is 16.0. The van der Waals surface area contributed by atoms with Gasteiger partial charge in [0.15, 0.2) is 0 Å². The molecule has 1 aromatic carbocycles. The molecule has 1 aliphatic heterocycles. The molecule has 1 saturated heterocycles. The van der Waals surface area contributed by atoms with Crippen LogP contribution >= 0.6 is 0 Å². The molecule has 1 aromatic heterocycles. The van der Waals surface area contributed by atoms with Crippen LogP contribution in [0.15, 0.2) is 36.5 Å². The van der Waals surface area contributed by atoms with Crippen LogP contribution in [-0.2, 0) is 20.9 Å². The summed E-state index contributed by atoms with van der Waals surface area (Å²) in [4.78, 5) is 41.3. The summed E-state index contributed by atoms with van der Waals surface area (Å²) in [5.41, 5.74) is 1.33. The van der Waals surface area contributed by atoms with Crippen LogP contribution in [0.3, 0.4) is 0 Å². The molecule has 0 radical (unpaired) electrons. The fraction of sp³-hybridized carbons (Fsp3) is 0.429. The zero-order valence-electron chi connectivity index (χ0n) is 16.0. The van der Waals surface area contributed by atoms with Crippen molar-refractivity contribution >= 4 is 28.7 Å². The number of rotatable bonds is 8. The molecule has 2 amide bonds. The number of fused-ring (bicyclic) bond motifs is 1. The summed E-state index contributed by atoms with van der Waals surface area (Å²) in [6, 6.07) is 9.72. The minimum atomic E-state index is -0.895. The van der Waals surface area contributed by atoms with Gasteiger partial charge >= 0.3 is 5.97 Å². The van der Waals surface area contributed by atoms with Crippen molar-refractivity contribution in [1.82, 2.24) is 15.2 Å². The highest BCUT2D eigenvalue weighted by Crippen LogP contribution is 2.30. The summed E-state index contributed by atoms with van der Waals surface area (Å²) >= 11 is 0. The number of carboxylic acids is 1. The van der Waals surface area contributed by atoms with Crippen molar-refractivity contribution in [3.63, 3.8) is 0 Å². The molecule has 0 bridgehead atoms. The molecule has 1 fully saturated rings. The van der Waals surface area contributed by atoms with Gasteiger partial charge in [-0.2, -0.15) is 0 Å². The highest BCUT2D eigenvalue weighted by molar-refractivity contribution is 5.83. The number of carbonyl (C=O) groups is 3. The van der Waals surface area contributed by atoms with Gasteiger partial charge in [-0.15, -0.1) is 0 Å². The molecule has 2 heterocycles. The molecule has 0 unspecified atom stereocenters. The fourth-order valence-electron chi connectivity index (χ4n) is 3.81. The molecule has 7 heteroatoms. The Bertz CT molecular complexity index is 893. The van der Waals surface area contributed by atoms with Crippen LogP contribution in [-0.4, -0.2) is 45.4 Å². The molecule has 7 nitrogen and oxygen atoms in total. The predicted molar refractivity (Wildman–Crippen MR) is 104 cm³/mol. The Kier molecular flexibility index (Phi) is 5.92. The molecule has 0 aliphatic carbocycles. The van der Waals surface area contributed by atoms with Gasteiger partial charge < -0.3 is 15.3 Å². The van der Waals surface area contributed by atoms with Gasteiger partial charge in [0.25, 0.3) is 0 Å². The van der Waals surface area contributed by atoms with Crippen LogP contribution in [0, 0.1) is 0 Å². The maximum absolute atomic E-state index is 12.7. The van der Waals surface area contributed by atoms with E-state index >= 15 is 0 Å². The van der Waals surface area contributed by atoms with E-state index in [9.17, 15) is 14.4 Å². The first-order valence-electron chi connectivity index (χ1n) is 9.48. The zero-order chi connectivity index (χ0) is 20.1.